The molecule has 1 atom stereocenters. The summed E-state index contributed by atoms with van der Waals surface area (Å²) < 4.78 is 5.57. The number of hydrogen-bond donors (Lipinski definition) is 2. The van der Waals surface area contributed by atoms with Crippen LogP contribution in [0.5, 0.6) is 5.75 Å². The number of aliphatic hydroxyl groups is 1. The molecule has 1 fully saturated rings. The van der Waals surface area contributed by atoms with Gasteiger partial charge in [-0.05, 0) is 16.8 Å². The van der Waals surface area contributed by atoms with Crippen molar-refractivity contribution in [2.45, 2.75) is 6.04 Å². The molecule has 4 heteroatoms. The van der Waals surface area contributed by atoms with Crippen molar-refractivity contribution in [3.05, 3.63) is 42.0 Å². The molecule has 0 aliphatic carbocycles. The van der Waals surface area contributed by atoms with Crippen LogP contribution in [-0.4, -0.2) is 49.9 Å². The lowest BCUT2D eigenvalue weighted by Crippen LogP contribution is -2.46. The second-order valence-electron chi connectivity index (χ2n) is 5.39. The summed E-state index contributed by atoms with van der Waals surface area (Å²) in [5.41, 5.74) is 1.10. The van der Waals surface area contributed by atoms with Gasteiger partial charge >= 0.3 is 0 Å². The Morgan fingerprint density at radius 2 is 1.95 bits per heavy atom. The highest BCUT2D eigenvalue weighted by molar-refractivity contribution is 5.88. The first-order valence-corrected chi connectivity index (χ1v) is 7.46. The maximum Gasteiger partial charge on any atom is 0.124 e. The normalized spacial score (nSPS) is 17.8. The maximum absolute atomic E-state index is 9.99. The van der Waals surface area contributed by atoms with Crippen LogP contribution in [0.4, 0.5) is 0 Å². The minimum atomic E-state index is -0.0202. The largest absolute Gasteiger partial charge is 0.496 e. The van der Waals surface area contributed by atoms with Gasteiger partial charge in [-0.25, -0.2) is 0 Å². The van der Waals surface area contributed by atoms with Crippen LogP contribution in [0.1, 0.15) is 11.6 Å². The van der Waals surface area contributed by atoms with Crippen LogP contribution >= 0.6 is 0 Å². The van der Waals surface area contributed by atoms with E-state index in [4.69, 9.17) is 4.74 Å². The summed E-state index contributed by atoms with van der Waals surface area (Å²) in [7, 11) is 1.69. The van der Waals surface area contributed by atoms with Crippen molar-refractivity contribution < 1.29 is 9.84 Å². The molecule has 2 aromatic rings. The van der Waals surface area contributed by atoms with Gasteiger partial charge in [0.15, 0.2) is 0 Å². The Kier molecular flexibility index (Phi) is 4.39. The number of benzene rings is 2. The Hall–Kier alpha value is -1.62. The van der Waals surface area contributed by atoms with Crippen LogP contribution in [0.2, 0.25) is 0 Å². The molecule has 3 rings (SSSR count). The minimum absolute atomic E-state index is 0.0202. The number of aliphatic hydroxyl groups excluding tert-OH is 1. The number of rotatable bonds is 4. The first kappa shape index (κ1) is 14.3. The molecule has 112 valence electrons. The van der Waals surface area contributed by atoms with E-state index in [9.17, 15) is 5.11 Å². The molecule has 4 nitrogen and oxygen atoms in total. The Morgan fingerprint density at radius 1 is 1.19 bits per heavy atom. The number of nitrogens with one attached hydrogen (secondary N) is 1. The first-order valence-electron chi connectivity index (χ1n) is 7.46. The summed E-state index contributed by atoms with van der Waals surface area (Å²) in [6.07, 6.45) is 0. The topological polar surface area (TPSA) is 44.7 Å². The predicted molar refractivity (Wildman–Crippen MR) is 84.8 cm³/mol. The predicted octanol–water partition coefficient (Wildman–Crippen LogP) is 1.79. The van der Waals surface area contributed by atoms with Crippen LogP contribution in [0.15, 0.2) is 36.4 Å². The van der Waals surface area contributed by atoms with Crippen molar-refractivity contribution in [3.63, 3.8) is 0 Å². The zero-order valence-corrected chi connectivity index (χ0v) is 12.4. The monoisotopic (exact) mass is 286 g/mol. The second-order valence-corrected chi connectivity index (χ2v) is 5.39. The highest BCUT2D eigenvalue weighted by Gasteiger charge is 2.25. The molecule has 0 bridgehead atoms. The third-order valence-corrected chi connectivity index (χ3v) is 4.25. The Balaban J connectivity index is 2.10. The summed E-state index contributed by atoms with van der Waals surface area (Å²) in [4.78, 5) is 2.33. The number of hydrogen-bond acceptors (Lipinski definition) is 4. The number of nitrogens with zero attached hydrogens (tertiary/aromatic N) is 1. The number of fused-ring (bicyclic) bond motifs is 1. The van der Waals surface area contributed by atoms with E-state index in [0.717, 1.165) is 42.9 Å². The van der Waals surface area contributed by atoms with Gasteiger partial charge in [-0.3, -0.25) is 4.90 Å². The molecule has 0 radical (unpaired) electrons. The van der Waals surface area contributed by atoms with Crippen molar-refractivity contribution in [1.82, 2.24) is 10.2 Å². The van der Waals surface area contributed by atoms with Crippen LogP contribution in [0.25, 0.3) is 10.8 Å². The van der Waals surface area contributed by atoms with E-state index in [1.807, 2.05) is 18.2 Å². The quantitative estimate of drug-likeness (QED) is 0.899. The molecule has 2 N–H and O–H groups in total. The highest BCUT2D eigenvalue weighted by Crippen LogP contribution is 2.35. The molecule has 21 heavy (non-hydrogen) atoms. The molecule has 2 aromatic carbocycles. The van der Waals surface area contributed by atoms with Gasteiger partial charge in [-0.2, -0.15) is 0 Å². The Bertz CT molecular complexity index is 609. The van der Waals surface area contributed by atoms with Crippen molar-refractivity contribution in [3.8, 4) is 5.75 Å². The molecular weight excluding hydrogens is 264 g/mol. The van der Waals surface area contributed by atoms with Crippen molar-refractivity contribution in [1.29, 1.82) is 0 Å². The average Bonchev–Trinajstić information content (AvgIpc) is 2.56. The smallest absolute Gasteiger partial charge is 0.124 e. The lowest BCUT2D eigenvalue weighted by atomic mass is 9.96. The molecule has 0 aromatic heterocycles. The molecular formula is C17H22N2O2. The Morgan fingerprint density at radius 3 is 2.67 bits per heavy atom. The standard InChI is InChI=1S/C17H22N2O2/c1-21-16-7-6-13-4-2-3-5-14(13)17(16)15(12-20)19-10-8-18-9-11-19/h2-7,15,18,20H,8-12H2,1H3/t15-/m0/s1. The molecule has 0 unspecified atom stereocenters. The van der Waals surface area contributed by atoms with Gasteiger partial charge < -0.3 is 15.2 Å². The first-order chi connectivity index (χ1) is 10.3. The van der Waals surface area contributed by atoms with E-state index in [2.05, 4.69) is 28.4 Å². The fourth-order valence-corrected chi connectivity index (χ4v) is 3.18. The SMILES string of the molecule is COc1ccc2ccccc2c1[C@H](CO)N1CCNCC1. The second kappa shape index (κ2) is 6.43. The molecule has 0 spiro atoms. The molecule has 0 saturated carbocycles. The van der Waals surface area contributed by atoms with Gasteiger partial charge in [-0.1, -0.05) is 30.3 Å². The van der Waals surface area contributed by atoms with Gasteiger partial charge in [0.1, 0.15) is 5.75 Å². The maximum atomic E-state index is 9.99. The van der Waals surface area contributed by atoms with Gasteiger partial charge in [0.05, 0.1) is 19.8 Å². The van der Waals surface area contributed by atoms with Crippen LogP contribution in [0.3, 0.4) is 0 Å². The molecule has 1 aliphatic heterocycles. The van der Waals surface area contributed by atoms with Crippen LogP contribution in [-0.2, 0) is 0 Å². The lowest BCUT2D eigenvalue weighted by molar-refractivity contribution is 0.110. The number of methoxy groups -OCH3 is 1. The van der Waals surface area contributed by atoms with E-state index < -0.39 is 0 Å². The van der Waals surface area contributed by atoms with E-state index in [0.29, 0.717) is 0 Å². The van der Waals surface area contributed by atoms with Gasteiger partial charge in [0.2, 0.25) is 0 Å². The minimum Gasteiger partial charge on any atom is -0.496 e. The van der Waals surface area contributed by atoms with Crippen LogP contribution in [0, 0.1) is 0 Å². The summed E-state index contributed by atoms with van der Waals surface area (Å²) in [6, 6.07) is 12.3. The summed E-state index contributed by atoms with van der Waals surface area (Å²) >= 11 is 0. The third-order valence-electron chi connectivity index (χ3n) is 4.25. The summed E-state index contributed by atoms with van der Waals surface area (Å²) in [5.74, 6) is 0.853. The van der Waals surface area contributed by atoms with E-state index >= 15 is 0 Å². The number of piperazine rings is 1. The van der Waals surface area contributed by atoms with Crippen molar-refractivity contribution >= 4 is 10.8 Å². The molecule has 1 heterocycles. The molecule has 1 saturated heterocycles. The fourth-order valence-electron chi connectivity index (χ4n) is 3.18. The summed E-state index contributed by atoms with van der Waals surface area (Å²) in [5, 5.41) is 15.7. The number of ether oxygens (including phenoxy) is 1. The highest BCUT2D eigenvalue weighted by atomic mass is 16.5. The van der Waals surface area contributed by atoms with Crippen molar-refractivity contribution in [2.75, 3.05) is 39.9 Å². The summed E-state index contributed by atoms with van der Waals surface area (Å²) in [6.45, 7) is 3.91. The zero-order chi connectivity index (χ0) is 14.7. The lowest BCUT2D eigenvalue weighted by Gasteiger charge is -2.35. The van der Waals surface area contributed by atoms with Gasteiger partial charge in [0.25, 0.3) is 0 Å². The van der Waals surface area contributed by atoms with E-state index in [1.165, 1.54) is 5.39 Å². The molecule has 1 aliphatic rings. The van der Waals surface area contributed by atoms with Gasteiger partial charge in [-0.15, -0.1) is 0 Å². The molecule has 0 amide bonds. The Labute approximate surface area is 125 Å². The van der Waals surface area contributed by atoms with E-state index in [1.54, 1.807) is 7.11 Å². The van der Waals surface area contributed by atoms with Gasteiger partial charge in [0, 0.05) is 31.7 Å². The third kappa shape index (κ3) is 2.75. The fraction of sp³-hybridized carbons (Fsp3) is 0.412. The van der Waals surface area contributed by atoms with E-state index in [-0.39, 0.29) is 12.6 Å². The van der Waals surface area contributed by atoms with Crippen molar-refractivity contribution in [2.24, 2.45) is 0 Å². The van der Waals surface area contributed by atoms with Crippen LogP contribution < -0.4 is 10.1 Å². The average molecular weight is 286 g/mol. The zero-order valence-electron chi connectivity index (χ0n) is 12.4.